The van der Waals surface area contributed by atoms with E-state index in [0.717, 1.165) is 25.1 Å². The van der Waals surface area contributed by atoms with Gasteiger partial charge in [-0.3, -0.25) is 0 Å². The van der Waals surface area contributed by atoms with Gasteiger partial charge in [0, 0.05) is 7.11 Å². The standard InChI is InChI=1S/C8H15N5O/c1-14-7-3-2-6(4-7)13-8(5-9)10-11-12-13/h6-7H,2-5,9H2,1H3. The number of methoxy groups -OCH3 is 1. The fourth-order valence-corrected chi connectivity index (χ4v) is 1.98. The van der Waals surface area contributed by atoms with Crippen molar-refractivity contribution in [2.45, 2.75) is 38.0 Å². The molecule has 1 fully saturated rings. The summed E-state index contributed by atoms with van der Waals surface area (Å²) in [6, 6.07) is 0.355. The van der Waals surface area contributed by atoms with Crippen molar-refractivity contribution >= 4 is 0 Å². The molecule has 0 bridgehead atoms. The number of rotatable bonds is 3. The molecule has 1 heterocycles. The quantitative estimate of drug-likeness (QED) is 0.730. The van der Waals surface area contributed by atoms with Crippen molar-refractivity contribution in [3.63, 3.8) is 0 Å². The lowest BCUT2D eigenvalue weighted by Crippen LogP contribution is -2.15. The number of hydrogen-bond acceptors (Lipinski definition) is 5. The fraction of sp³-hybridized carbons (Fsp3) is 0.875. The number of aromatic nitrogens is 4. The van der Waals surface area contributed by atoms with E-state index >= 15 is 0 Å². The van der Waals surface area contributed by atoms with Gasteiger partial charge in [-0.1, -0.05) is 0 Å². The topological polar surface area (TPSA) is 78.8 Å². The molecule has 1 saturated carbocycles. The predicted molar refractivity (Wildman–Crippen MR) is 49.4 cm³/mol. The molecule has 0 amide bonds. The summed E-state index contributed by atoms with van der Waals surface area (Å²) in [5.41, 5.74) is 5.54. The summed E-state index contributed by atoms with van der Waals surface area (Å²) in [5, 5.41) is 11.5. The fourth-order valence-electron chi connectivity index (χ4n) is 1.98. The van der Waals surface area contributed by atoms with Crippen molar-refractivity contribution < 1.29 is 4.74 Å². The van der Waals surface area contributed by atoms with Crippen LogP contribution in [0.5, 0.6) is 0 Å². The van der Waals surface area contributed by atoms with Gasteiger partial charge in [0.05, 0.1) is 18.7 Å². The van der Waals surface area contributed by atoms with Crippen LogP contribution in [0.15, 0.2) is 0 Å². The van der Waals surface area contributed by atoms with Crippen molar-refractivity contribution in [3.05, 3.63) is 5.82 Å². The lowest BCUT2D eigenvalue weighted by molar-refractivity contribution is 0.105. The van der Waals surface area contributed by atoms with Gasteiger partial charge in [0.2, 0.25) is 0 Å². The molecule has 1 aliphatic rings. The van der Waals surface area contributed by atoms with Crippen molar-refractivity contribution in [3.8, 4) is 0 Å². The van der Waals surface area contributed by atoms with Gasteiger partial charge >= 0.3 is 0 Å². The number of tetrazole rings is 1. The van der Waals surface area contributed by atoms with E-state index in [4.69, 9.17) is 10.5 Å². The van der Waals surface area contributed by atoms with E-state index in [9.17, 15) is 0 Å². The van der Waals surface area contributed by atoms with Gasteiger partial charge in [-0.2, -0.15) is 0 Å². The zero-order chi connectivity index (χ0) is 9.97. The van der Waals surface area contributed by atoms with Gasteiger partial charge in [-0.05, 0) is 29.7 Å². The van der Waals surface area contributed by atoms with Gasteiger partial charge in [0.15, 0.2) is 5.82 Å². The van der Waals surface area contributed by atoms with Gasteiger partial charge in [0.25, 0.3) is 0 Å². The van der Waals surface area contributed by atoms with E-state index in [1.54, 1.807) is 7.11 Å². The van der Waals surface area contributed by atoms with Crippen LogP contribution in [-0.4, -0.2) is 33.4 Å². The SMILES string of the molecule is COC1CCC(n2nnnc2CN)C1. The van der Waals surface area contributed by atoms with Gasteiger partial charge < -0.3 is 10.5 Å². The zero-order valence-electron chi connectivity index (χ0n) is 8.26. The van der Waals surface area contributed by atoms with E-state index in [2.05, 4.69) is 15.5 Å². The van der Waals surface area contributed by atoms with Crippen LogP contribution in [0.3, 0.4) is 0 Å². The normalized spacial score (nSPS) is 27.0. The van der Waals surface area contributed by atoms with E-state index in [0.29, 0.717) is 18.7 Å². The van der Waals surface area contributed by atoms with Gasteiger partial charge in [-0.25, -0.2) is 4.68 Å². The molecule has 6 heteroatoms. The van der Waals surface area contributed by atoms with Crippen LogP contribution < -0.4 is 5.73 Å². The van der Waals surface area contributed by atoms with Crippen molar-refractivity contribution in [1.82, 2.24) is 20.2 Å². The Kier molecular flexibility index (Phi) is 2.74. The van der Waals surface area contributed by atoms with Crippen LogP contribution in [0, 0.1) is 0 Å². The molecule has 1 aromatic rings. The molecule has 0 saturated heterocycles. The summed E-state index contributed by atoms with van der Waals surface area (Å²) in [6.45, 7) is 0.390. The summed E-state index contributed by atoms with van der Waals surface area (Å²) in [6.07, 6.45) is 3.46. The Balaban J connectivity index is 2.09. The maximum Gasteiger partial charge on any atom is 0.165 e. The van der Waals surface area contributed by atoms with E-state index < -0.39 is 0 Å². The first-order chi connectivity index (χ1) is 6.85. The molecule has 1 aromatic heterocycles. The third-order valence-corrected chi connectivity index (χ3v) is 2.78. The number of nitrogens with zero attached hydrogens (tertiary/aromatic N) is 4. The largest absolute Gasteiger partial charge is 0.381 e. The molecule has 6 nitrogen and oxygen atoms in total. The molecule has 78 valence electrons. The minimum absolute atomic E-state index is 0.342. The van der Waals surface area contributed by atoms with Crippen LogP contribution >= 0.6 is 0 Å². The maximum atomic E-state index is 5.54. The second-order valence-electron chi connectivity index (χ2n) is 3.57. The predicted octanol–water partition coefficient (Wildman–Crippen LogP) is -0.128. The lowest BCUT2D eigenvalue weighted by atomic mass is 10.2. The monoisotopic (exact) mass is 197 g/mol. The molecule has 0 radical (unpaired) electrons. The summed E-state index contributed by atoms with van der Waals surface area (Å²) < 4.78 is 7.13. The molecule has 0 aliphatic heterocycles. The molecule has 0 aromatic carbocycles. The van der Waals surface area contributed by atoms with Crippen LogP contribution in [0.4, 0.5) is 0 Å². The third-order valence-electron chi connectivity index (χ3n) is 2.78. The minimum atomic E-state index is 0.342. The molecule has 14 heavy (non-hydrogen) atoms. The second kappa shape index (κ2) is 4.02. The smallest absolute Gasteiger partial charge is 0.165 e. The van der Waals surface area contributed by atoms with Crippen LogP contribution in [0.1, 0.15) is 31.1 Å². The first-order valence-corrected chi connectivity index (χ1v) is 4.84. The van der Waals surface area contributed by atoms with E-state index in [1.807, 2.05) is 4.68 Å². The van der Waals surface area contributed by atoms with Crippen LogP contribution in [-0.2, 0) is 11.3 Å². The Bertz CT molecular complexity index is 300. The molecule has 0 spiro atoms. The maximum absolute atomic E-state index is 5.54. The highest BCUT2D eigenvalue weighted by Gasteiger charge is 2.28. The Morgan fingerprint density at radius 3 is 3.07 bits per heavy atom. The van der Waals surface area contributed by atoms with Gasteiger partial charge in [-0.15, -0.1) is 5.10 Å². The third kappa shape index (κ3) is 1.62. The average Bonchev–Trinajstić information content (AvgIpc) is 2.85. The van der Waals surface area contributed by atoms with E-state index in [-0.39, 0.29) is 0 Å². The Hall–Kier alpha value is -1.01. The number of nitrogens with two attached hydrogens (primary N) is 1. The highest BCUT2D eigenvalue weighted by molar-refractivity contribution is 4.87. The molecule has 2 atom stereocenters. The molecule has 2 rings (SSSR count). The van der Waals surface area contributed by atoms with Gasteiger partial charge in [0.1, 0.15) is 0 Å². The summed E-state index contributed by atoms with van der Waals surface area (Å²) in [4.78, 5) is 0. The van der Waals surface area contributed by atoms with Crippen molar-refractivity contribution in [1.29, 1.82) is 0 Å². The lowest BCUT2D eigenvalue weighted by Gasteiger charge is -2.11. The summed E-state index contributed by atoms with van der Waals surface area (Å²) in [7, 11) is 1.75. The number of hydrogen-bond donors (Lipinski definition) is 1. The number of ether oxygens (including phenoxy) is 1. The Morgan fingerprint density at radius 1 is 1.57 bits per heavy atom. The first-order valence-electron chi connectivity index (χ1n) is 4.84. The summed E-state index contributed by atoms with van der Waals surface area (Å²) in [5.74, 6) is 0.756. The highest BCUT2D eigenvalue weighted by Crippen LogP contribution is 2.31. The highest BCUT2D eigenvalue weighted by atomic mass is 16.5. The van der Waals surface area contributed by atoms with E-state index in [1.165, 1.54) is 0 Å². The molecule has 1 aliphatic carbocycles. The molecular formula is C8H15N5O. The Labute approximate surface area is 82.4 Å². The molecular weight excluding hydrogens is 182 g/mol. The molecule has 2 unspecified atom stereocenters. The Morgan fingerprint density at radius 2 is 2.43 bits per heavy atom. The second-order valence-corrected chi connectivity index (χ2v) is 3.57. The minimum Gasteiger partial charge on any atom is -0.381 e. The molecule has 2 N–H and O–H groups in total. The average molecular weight is 197 g/mol. The van der Waals surface area contributed by atoms with Crippen molar-refractivity contribution in [2.75, 3.05) is 7.11 Å². The summed E-state index contributed by atoms with van der Waals surface area (Å²) >= 11 is 0. The zero-order valence-corrected chi connectivity index (χ0v) is 8.26. The van der Waals surface area contributed by atoms with Crippen LogP contribution in [0.2, 0.25) is 0 Å². The van der Waals surface area contributed by atoms with Crippen LogP contribution in [0.25, 0.3) is 0 Å². The van der Waals surface area contributed by atoms with Crippen molar-refractivity contribution in [2.24, 2.45) is 5.73 Å². The first kappa shape index (κ1) is 9.54.